The molecule has 0 spiro atoms. The molecule has 80 valence electrons. The normalized spacial score (nSPS) is 15.7. The first kappa shape index (κ1) is 12.8. The van der Waals surface area contributed by atoms with Crippen molar-refractivity contribution < 1.29 is 15.3 Å². The van der Waals surface area contributed by atoms with Gasteiger partial charge in [0, 0.05) is 6.42 Å². The van der Waals surface area contributed by atoms with Crippen LogP contribution < -0.4 is 5.32 Å². The second-order valence-electron chi connectivity index (χ2n) is 3.26. The molecule has 0 aliphatic heterocycles. The largest absolute Gasteiger partial charge is 0.394 e. The molecule has 0 fully saturated rings. The van der Waals surface area contributed by atoms with Crippen LogP contribution in [0.2, 0.25) is 0 Å². The van der Waals surface area contributed by atoms with Crippen LogP contribution >= 0.6 is 0 Å². The van der Waals surface area contributed by atoms with Gasteiger partial charge in [0.1, 0.15) is 0 Å². The molecule has 0 aromatic heterocycles. The van der Waals surface area contributed by atoms with Crippen molar-refractivity contribution in [1.82, 2.24) is 5.32 Å². The summed E-state index contributed by atoms with van der Waals surface area (Å²) in [5.74, 6) is 0. The first-order valence-electron chi connectivity index (χ1n) is 4.88. The quantitative estimate of drug-likeness (QED) is 0.390. The van der Waals surface area contributed by atoms with Gasteiger partial charge in [-0.1, -0.05) is 6.92 Å². The van der Waals surface area contributed by atoms with E-state index in [0.29, 0.717) is 6.42 Å². The molecule has 0 bridgehead atoms. The van der Waals surface area contributed by atoms with Crippen LogP contribution in [0.4, 0.5) is 0 Å². The molecule has 0 rings (SSSR count). The van der Waals surface area contributed by atoms with Gasteiger partial charge in [0.15, 0.2) is 0 Å². The van der Waals surface area contributed by atoms with Crippen LogP contribution in [-0.2, 0) is 0 Å². The highest BCUT2D eigenvalue weighted by molar-refractivity contribution is 4.63. The van der Waals surface area contributed by atoms with Crippen molar-refractivity contribution in [2.45, 2.75) is 38.4 Å². The molecule has 0 saturated heterocycles. The number of aliphatic hydroxyl groups excluding tert-OH is 3. The minimum absolute atomic E-state index is 0.254. The van der Waals surface area contributed by atoms with Gasteiger partial charge in [-0.25, -0.2) is 0 Å². The van der Waals surface area contributed by atoms with Gasteiger partial charge in [0.2, 0.25) is 0 Å². The second kappa shape index (κ2) is 8.44. The van der Waals surface area contributed by atoms with Gasteiger partial charge in [-0.05, 0) is 25.9 Å². The molecule has 0 aliphatic rings. The molecule has 0 amide bonds. The topological polar surface area (TPSA) is 72.7 Å². The molecule has 2 unspecified atom stereocenters. The molecule has 4 heteroatoms. The Labute approximate surface area is 79.6 Å². The maximum Gasteiger partial charge on any atom is 0.0795 e. The number of aliphatic hydroxyl groups is 3. The van der Waals surface area contributed by atoms with Gasteiger partial charge >= 0.3 is 0 Å². The summed E-state index contributed by atoms with van der Waals surface area (Å²) >= 11 is 0. The molecular weight excluding hydrogens is 170 g/mol. The minimum atomic E-state index is -0.791. The van der Waals surface area contributed by atoms with Gasteiger partial charge in [0.25, 0.3) is 0 Å². The first-order valence-corrected chi connectivity index (χ1v) is 4.88. The lowest BCUT2D eigenvalue weighted by molar-refractivity contribution is 0.0390. The molecule has 0 aromatic carbocycles. The predicted molar refractivity (Wildman–Crippen MR) is 51.5 cm³/mol. The first-order chi connectivity index (χ1) is 6.20. The fourth-order valence-electron chi connectivity index (χ4n) is 1.08. The van der Waals surface area contributed by atoms with E-state index in [4.69, 9.17) is 10.2 Å². The highest BCUT2D eigenvalue weighted by Gasteiger charge is 2.09. The Bertz CT molecular complexity index is 111. The van der Waals surface area contributed by atoms with Crippen molar-refractivity contribution in [2.75, 3.05) is 19.7 Å². The summed E-state index contributed by atoms with van der Waals surface area (Å²) in [4.78, 5) is 0. The summed E-state index contributed by atoms with van der Waals surface area (Å²) in [5.41, 5.74) is 0. The maximum absolute atomic E-state index is 9.34. The number of hydrogen-bond donors (Lipinski definition) is 4. The van der Waals surface area contributed by atoms with E-state index in [9.17, 15) is 5.11 Å². The fraction of sp³-hybridized carbons (Fsp3) is 1.00. The Morgan fingerprint density at radius 1 is 1.15 bits per heavy atom. The molecule has 0 radical (unpaired) electrons. The number of hydrogen-bond acceptors (Lipinski definition) is 4. The zero-order chi connectivity index (χ0) is 10.1. The van der Waals surface area contributed by atoms with Crippen molar-refractivity contribution >= 4 is 0 Å². The lowest BCUT2D eigenvalue weighted by Crippen LogP contribution is -2.25. The van der Waals surface area contributed by atoms with E-state index in [1.165, 1.54) is 0 Å². The molecule has 4 nitrogen and oxygen atoms in total. The molecule has 0 aliphatic carbocycles. The lowest BCUT2D eigenvalue weighted by atomic mass is 10.1. The molecule has 0 saturated carbocycles. The van der Waals surface area contributed by atoms with Gasteiger partial charge in [-0.2, -0.15) is 0 Å². The van der Waals surface area contributed by atoms with E-state index in [-0.39, 0.29) is 13.0 Å². The third-order valence-corrected chi connectivity index (χ3v) is 1.84. The Hall–Kier alpha value is -0.160. The van der Waals surface area contributed by atoms with Crippen molar-refractivity contribution in [3.8, 4) is 0 Å². The summed E-state index contributed by atoms with van der Waals surface area (Å²) in [6, 6.07) is 0. The summed E-state index contributed by atoms with van der Waals surface area (Å²) < 4.78 is 0. The van der Waals surface area contributed by atoms with E-state index in [0.717, 1.165) is 19.5 Å². The molecule has 13 heavy (non-hydrogen) atoms. The third-order valence-electron chi connectivity index (χ3n) is 1.84. The van der Waals surface area contributed by atoms with Gasteiger partial charge in [-0.15, -0.1) is 0 Å². The smallest absolute Gasteiger partial charge is 0.0795 e. The summed E-state index contributed by atoms with van der Waals surface area (Å²) in [7, 11) is 0. The van der Waals surface area contributed by atoms with Gasteiger partial charge in [-0.3, -0.25) is 0 Å². The fourth-order valence-corrected chi connectivity index (χ4v) is 1.08. The molecule has 0 heterocycles. The van der Waals surface area contributed by atoms with Crippen molar-refractivity contribution in [3.05, 3.63) is 0 Å². The highest BCUT2D eigenvalue weighted by Crippen LogP contribution is 2.00. The Kier molecular flexibility index (Phi) is 8.33. The second-order valence-corrected chi connectivity index (χ2v) is 3.26. The third kappa shape index (κ3) is 8.18. The van der Waals surface area contributed by atoms with Crippen LogP contribution in [0.15, 0.2) is 0 Å². The van der Waals surface area contributed by atoms with E-state index in [1.54, 1.807) is 0 Å². The van der Waals surface area contributed by atoms with Crippen LogP contribution in [0, 0.1) is 0 Å². The number of nitrogens with one attached hydrogen (secondary N) is 1. The Morgan fingerprint density at radius 3 is 2.38 bits per heavy atom. The van der Waals surface area contributed by atoms with E-state index < -0.39 is 12.2 Å². The Balaban J connectivity index is 3.24. The monoisotopic (exact) mass is 191 g/mol. The Morgan fingerprint density at radius 2 is 1.85 bits per heavy atom. The molecule has 0 aromatic rings. The summed E-state index contributed by atoms with van der Waals surface area (Å²) in [5, 5.41) is 30.0. The lowest BCUT2D eigenvalue weighted by Gasteiger charge is -2.13. The van der Waals surface area contributed by atoms with Crippen molar-refractivity contribution in [1.29, 1.82) is 0 Å². The predicted octanol–water partition coefficient (Wildman–Crippen LogP) is -0.520. The maximum atomic E-state index is 9.34. The van der Waals surface area contributed by atoms with Crippen LogP contribution in [0.25, 0.3) is 0 Å². The van der Waals surface area contributed by atoms with Crippen LogP contribution in [0.5, 0.6) is 0 Å². The minimum Gasteiger partial charge on any atom is -0.394 e. The van der Waals surface area contributed by atoms with Crippen LogP contribution in [0.3, 0.4) is 0 Å². The zero-order valence-corrected chi connectivity index (χ0v) is 8.24. The van der Waals surface area contributed by atoms with Gasteiger partial charge < -0.3 is 20.6 Å². The summed E-state index contributed by atoms with van der Waals surface area (Å²) in [6.07, 6.45) is 0.643. The van der Waals surface area contributed by atoms with Crippen LogP contribution in [-0.4, -0.2) is 47.2 Å². The van der Waals surface area contributed by atoms with Crippen molar-refractivity contribution in [3.63, 3.8) is 0 Å². The van der Waals surface area contributed by atoms with Crippen molar-refractivity contribution in [2.24, 2.45) is 0 Å². The zero-order valence-electron chi connectivity index (χ0n) is 8.24. The van der Waals surface area contributed by atoms with E-state index in [2.05, 4.69) is 12.2 Å². The molecule has 4 N–H and O–H groups in total. The molecule has 2 atom stereocenters. The highest BCUT2D eigenvalue weighted by atomic mass is 16.3. The SMILES string of the molecule is CCCNCCC(O)CC(O)CO. The van der Waals surface area contributed by atoms with E-state index >= 15 is 0 Å². The van der Waals surface area contributed by atoms with Gasteiger partial charge in [0.05, 0.1) is 18.8 Å². The molecular formula is C9H21NO3. The van der Waals surface area contributed by atoms with E-state index in [1.807, 2.05) is 0 Å². The standard InChI is InChI=1S/C9H21NO3/c1-2-4-10-5-3-8(12)6-9(13)7-11/h8-13H,2-7H2,1H3. The average molecular weight is 191 g/mol. The average Bonchev–Trinajstić information content (AvgIpc) is 2.12. The number of rotatable bonds is 8. The summed E-state index contributed by atoms with van der Waals surface area (Å²) in [6.45, 7) is 3.51. The van der Waals surface area contributed by atoms with Crippen LogP contribution in [0.1, 0.15) is 26.2 Å².